The molecule has 0 aliphatic carbocycles. The van der Waals surface area contributed by atoms with E-state index in [0.717, 1.165) is 50.3 Å². The van der Waals surface area contributed by atoms with Crippen molar-refractivity contribution in [2.75, 3.05) is 58.8 Å². The summed E-state index contributed by atoms with van der Waals surface area (Å²) in [6.45, 7) is 7.77. The fourth-order valence-electron chi connectivity index (χ4n) is 5.18. The lowest BCUT2D eigenvalue weighted by atomic mass is 10.1. The molecule has 9 nitrogen and oxygen atoms in total. The van der Waals surface area contributed by atoms with Gasteiger partial charge in [0.25, 0.3) is 0 Å². The number of anilines is 1. The second kappa shape index (κ2) is 15.1. The Labute approximate surface area is 268 Å². The Morgan fingerprint density at radius 1 is 1.02 bits per heavy atom. The lowest BCUT2D eigenvalue weighted by molar-refractivity contribution is -0.119. The third kappa shape index (κ3) is 8.65. The Morgan fingerprint density at radius 3 is 2.60 bits per heavy atom. The fourth-order valence-corrected chi connectivity index (χ4v) is 5.41. The number of carbonyl (C=O) groups excluding carboxylic acids is 1. The van der Waals surface area contributed by atoms with Crippen molar-refractivity contribution in [2.24, 2.45) is 0 Å². The molecule has 0 saturated carbocycles. The van der Waals surface area contributed by atoms with Gasteiger partial charge in [0, 0.05) is 50.4 Å². The van der Waals surface area contributed by atoms with E-state index in [0.29, 0.717) is 34.8 Å². The molecule has 4 aromatic rings. The van der Waals surface area contributed by atoms with E-state index in [9.17, 15) is 4.79 Å². The molecule has 1 fully saturated rings. The van der Waals surface area contributed by atoms with E-state index in [1.165, 1.54) is 12.1 Å². The van der Waals surface area contributed by atoms with Crippen LogP contribution in [0.15, 0.2) is 66.9 Å². The summed E-state index contributed by atoms with van der Waals surface area (Å²) in [5.74, 6) is 0.482. The molecule has 0 bridgehead atoms. The third-order valence-electron chi connectivity index (χ3n) is 7.59. The topological polar surface area (TPSA) is 88.2 Å². The van der Waals surface area contributed by atoms with Crippen LogP contribution in [0.25, 0.3) is 10.9 Å². The summed E-state index contributed by atoms with van der Waals surface area (Å²) in [7, 11) is 3.72. The highest BCUT2D eigenvalue weighted by atomic mass is 32.1. The maximum absolute atomic E-state index is 15.1. The van der Waals surface area contributed by atoms with Crippen LogP contribution in [0.1, 0.15) is 17.5 Å². The van der Waals surface area contributed by atoms with Crippen molar-refractivity contribution in [3.63, 3.8) is 0 Å². The molecule has 1 aliphatic rings. The predicted octanol–water partition coefficient (Wildman–Crippen LogP) is 5.56. The molecule has 0 atom stereocenters. The fraction of sp³-hybridized carbons (Fsp3) is 0.324. The largest absolute Gasteiger partial charge is 0.493 e. The van der Waals surface area contributed by atoms with Crippen LogP contribution >= 0.6 is 12.2 Å². The highest BCUT2D eigenvalue weighted by Crippen LogP contribution is 2.39. The number of fused-ring (bicyclic) bond motifs is 1. The Balaban J connectivity index is 1.26. The summed E-state index contributed by atoms with van der Waals surface area (Å²) in [6.07, 6.45) is 2.63. The van der Waals surface area contributed by atoms with Gasteiger partial charge in [-0.2, -0.15) is 0 Å². The molecule has 5 rings (SSSR count). The summed E-state index contributed by atoms with van der Waals surface area (Å²) in [5.41, 5.74) is 2.79. The maximum Gasteiger partial charge on any atom is 0.230 e. The molecule has 3 aromatic carbocycles. The van der Waals surface area contributed by atoms with Crippen LogP contribution in [-0.4, -0.2) is 79.3 Å². The SMILES string of the molecule is COc1cc2c(Oc3c(F)cccc3NC(=S)NC(=O)Cc3cccc(C)c3)ccnc2cc1OCCCN1CCN(C)CC1. The number of rotatable bonds is 11. The first kappa shape index (κ1) is 32.1. The van der Waals surface area contributed by atoms with Crippen molar-refractivity contribution < 1.29 is 23.4 Å². The molecular weight excluding hydrogens is 593 g/mol. The standard InChI is InChI=1S/C34H38FN5O4S/c1-23-7-4-8-24(19-23)20-32(41)38-34(45)37-27-10-5-9-26(35)33(27)44-29-11-12-36-28-22-31(30(42-3)21-25(28)29)43-18-6-13-40-16-14-39(2)15-17-40/h4-5,7-12,19,21-22H,6,13-18,20H2,1-3H3,(H2,37,38,41,45). The number of methoxy groups -OCH3 is 1. The average Bonchev–Trinajstić information content (AvgIpc) is 3.01. The predicted molar refractivity (Wildman–Crippen MR) is 178 cm³/mol. The normalized spacial score (nSPS) is 13.8. The van der Waals surface area contributed by atoms with E-state index in [1.54, 1.807) is 37.6 Å². The van der Waals surface area contributed by atoms with E-state index in [-0.39, 0.29) is 28.9 Å². The minimum atomic E-state index is -0.605. The number of benzene rings is 3. The number of para-hydroxylation sites is 1. The zero-order chi connectivity index (χ0) is 31.8. The highest BCUT2D eigenvalue weighted by Gasteiger charge is 2.18. The second-order valence-corrected chi connectivity index (χ2v) is 11.5. The lowest BCUT2D eigenvalue weighted by Gasteiger charge is -2.32. The molecule has 0 radical (unpaired) electrons. The van der Waals surface area contributed by atoms with Gasteiger partial charge in [0.1, 0.15) is 5.75 Å². The molecule has 0 spiro atoms. The van der Waals surface area contributed by atoms with Crippen molar-refractivity contribution in [1.29, 1.82) is 0 Å². The summed E-state index contributed by atoms with van der Waals surface area (Å²) in [6, 6.07) is 17.3. The maximum atomic E-state index is 15.1. The van der Waals surface area contributed by atoms with E-state index in [4.69, 9.17) is 26.4 Å². The van der Waals surface area contributed by atoms with Crippen molar-refractivity contribution in [2.45, 2.75) is 19.8 Å². The molecule has 45 heavy (non-hydrogen) atoms. The van der Waals surface area contributed by atoms with Crippen LogP contribution in [-0.2, 0) is 11.2 Å². The Bertz CT molecular complexity index is 1660. The number of piperazine rings is 1. The number of aromatic nitrogens is 1. The van der Waals surface area contributed by atoms with E-state index >= 15 is 4.39 Å². The summed E-state index contributed by atoms with van der Waals surface area (Å²) < 4.78 is 33.0. The number of hydrogen-bond donors (Lipinski definition) is 2. The van der Waals surface area contributed by atoms with E-state index in [2.05, 4.69) is 32.5 Å². The molecule has 11 heteroatoms. The molecule has 1 saturated heterocycles. The van der Waals surface area contributed by atoms with Crippen molar-refractivity contribution in [3.8, 4) is 23.0 Å². The van der Waals surface area contributed by atoms with E-state index in [1.807, 2.05) is 31.2 Å². The number of carbonyl (C=O) groups is 1. The number of hydrogen-bond acceptors (Lipinski definition) is 8. The molecule has 2 heterocycles. The zero-order valence-corrected chi connectivity index (χ0v) is 26.6. The van der Waals surface area contributed by atoms with Gasteiger partial charge in [0.2, 0.25) is 5.91 Å². The van der Waals surface area contributed by atoms with Crippen molar-refractivity contribution in [1.82, 2.24) is 20.1 Å². The summed E-state index contributed by atoms with van der Waals surface area (Å²) in [5, 5.41) is 6.20. The molecule has 1 amide bonds. The number of nitrogens with zero attached hydrogens (tertiary/aromatic N) is 3. The molecule has 236 valence electrons. The van der Waals surface area contributed by atoms with Gasteiger partial charge < -0.3 is 34.6 Å². The number of aryl methyl sites for hydroxylation is 1. The number of pyridine rings is 1. The van der Waals surface area contributed by atoms with Crippen LogP contribution in [0.3, 0.4) is 0 Å². The number of nitrogens with one attached hydrogen (secondary N) is 2. The molecule has 0 unspecified atom stereocenters. The van der Waals surface area contributed by atoms with Crippen molar-refractivity contribution >= 4 is 39.8 Å². The van der Waals surface area contributed by atoms with Gasteiger partial charge in [-0.3, -0.25) is 9.78 Å². The lowest BCUT2D eigenvalue weighted by Crippen LogP contribution is -2.44. The van der Waals surface area contributed by atoms with Crippen LogP contribution < -0.4 is 24.8 Å². The molecule has 1 aromatic heterocycles. The van der Waals surface area contributed by atoms with Crippen LogP contribution in [0.4, 0.5) is 10.1 Å². The average molecular weight is 632 g/mol. The summed E-state index contributed by atoms with van der Waals surface area (Å²) >= 11 is 5.37. The van der Waals surface area contributed by atoms with Crippen LogP contribution in [0.2, 0.25) is 0 Å². The van der Waals surface area contributed by atoms with Gasteiger partial charge in [0.15, 0.2) is 28.2 Å². The smallest absolute Gasteiger partial charge is 0.230 e. The van der Waals surface area contributed by atoms with Gasteiger partial charge in [-0.25, -0.2) is 4.39 Å². The second-order valence-electron chi connectivity index (χ2n) is 11.1. The number of halogens is 1. The van der Waals surface area contributed by atoms with Gasteiger partial charge in [-0.1, -0.05) is 35.9 Å². The monoisotopic (exact) mass is 631 g/mol. The first-order chi connectivity index (χ1) is 21.8. The van der Waals surface area contributed by atoms with E-state index < -0.39 is 5.82 Å². The molecule has 2 N–H and O–H groups in total. The van der Waals surface area contributed by atoms with Crippen LogP contribution in [0.5, 0.6) is 23.0 Å². The van der Waals surface area contributed by atoms with Gasteiger partial charge in [-0.15, -0.1) is 0 Å². The zero-order valence-electron chi connectivity index (χ0n) is 25.8. The number of likely N-dealkylation sites (N-methyl/N-ethyl adjacent to an activating group) is 1. The number of amides is 1. The van der Waals surface area contributed by atoms with Crippen molar-refractivity contribution in [3.05, 3.63) is 83.8 Å². The molecular formula is C34H38FN5O4S. The van der Waals surface area contributed by atoms with Gasteiger partial charge >= 0.3 is 0 Å². The highest BCUT2D eigenvalue weighted by molar-refractivity contribution is 7.80. The first-order valence-corrected chi connectivity index (χ1v) is 15.3. The third-order valence-corrected chi connectivity index (χ3v) is 7.79. The van der Waals surface area contributed by atoms with Crippen LogP contribution in [0, 0.1) is 12.7 Å². The van der Waals surface area contributed by atoms with Gasteiger partial charge in [0.05, 0.1) is 31.3 Å². The quantitative estimate of drug-likeness (QED) is 0.163. The number of ether oxygens (including phenoxy) is 3. The molecule has 1 aliphatic heterocycles. The number of thiocarbonyl (C=S) groups is 1. The summed E-state index contributed by atoms with van der Waals surface area (Å²) in [4.78, 5) is 21.9. The Hall–Kier alpha value is -4.32. The minimum Gasteiger partial charge on any atom is -0.493 e. The van der Waals surface area contributed by atoms with Gasteiger partial charge in [-0.05, 0) is 62.4 Å². The Kier molecular flexibility index (Phi) is 10.8. The first-order valence-electron chi connectivity index (χ1n) is 14.9. The Morgan fingerprint density at radius 2 is 1.82 bits per heavy atom. The minimum absolute atomic E-state index is 0.0266.